The van der Waals surface area contributed by atoms with Gasteiger partial charge in [0.2, 0.25) is 9.47 Å². The minimum atomic E-state index is -3.83. The van der Waals surface area contributed by atoms with Crippen molar-refractivity contribution in [1.29, 1.82) is 0 Å². The van der Waals surface area contributed by atoms with E-state index < -0.39 is 15.9 Å². The van der Waals surface area contributed by atoms with Gasteiger partial charge in [-0.05, 0) is 36.8 Å². The highest BCUT2D eigenvalue weighted by atomic mass is 35.5. The van der Waals surface area contributed by atoms with E-state index in [9.17, 15) is 13.2 Å². The summed E-state index contributed by atoms with van der Waals surface area (Å²) in [6.07, 6.45) is 2.73. The third-order valence-corrected chi connectivity index (χ3v) is 6.72. The van der Waals surface area contributed by atoms with Gasteiger partial charge in [-0.1, -0.05) is 34.5 Å². The smallest absolute Gasteiger partial charge is 0.269 e. The molecule has 8 nitrogen and oxygen atoms in total. The minimum absolute atomic E-state index is 0.0342. The number of aromatic nitrogens is 2. The van der Waals surface area contributed by atoms with Crippen LogP contribution >= 0.6 is 34.5 Å². The first-order valence-corrected chi connectivity index (χ1v) is 11.0. The molecule has 12 heteroatoms. The molecule has 0 atom stereocenters. The summed E-state index contributed by atoms with van der Waals surface area (Å²) in [6, 6.07) is 8.00. The number of carbonyl (C=O) groups excluding carboxylic acids is 1. The molecule has 1 aromatic carbocycles. The van der Waals surface area contributed by atoms with Crippen molar-refractivity contribution in [2.45, 2.75) is 17.2 Å². The molecule has 2 heterocycles. The summed E-state index contributed by atoms with van der Waals surface area (Å²) < 4.78 is 31.9. The molecule has 0 unspecified atom stereocenters. The number of anilines is 1. The number of nitrogens with one attached hydrogen (secondary N) is 2. The number of carbonyl (C=O) groups is 1. The molecule has 0 saturated carbocycles. The molecule has 28 heavy (non-hydrogen) atoms. The highest BCUT2D eigenvalue weighted by Gasteiger charge is 2.21. The van der Waals surface area contributed by atoms with Crippen LogP contribution < -0.4 is 10.0 Å². The number of sulfonamides is 1. The molecular formula is C16H14Cl2N4O4S2. The maximum Gasteiger partial charge on any atom is 0.269 e. The Labute approximate surface area is 174 Å². The van der Waals surface area contributed by atoms with Crippen molar-refractivity contribution >= 4 is 55.6 Å². The van der Waals surface area contributed by atoms with Gasteiger partial charge in [-0.3, -0.25) is 10.1 Å². The second-order valence-electron chi connectivity index (χ2n) is 5.53. The lowest BCUT2D eigenvalue weighted by molar-refractivity contribution is 0.102. The van der Waals surface area contributed by atoms with E-state index in [1.807, 2.05) is 6.07 Å². The normalized spacial score (nSPS) is 11.5. The maximum absolute atomic E-state index is 12.3. The fraction of sp³-hybridized carbons (Fsp3) is 0.188. The zero-order valence-electron chi connectivity index (χ0n) is 14.2. The highest BCUT2D eigenvalue weighted by Crippen LogP contribution is 2.24. The van der Waals surface area contributed by atoms with Gasteiger partial charge in [0.1, 0.15) is 5.76 Å². The molecule has 0 aliphatic carbocycles. The van der Waals surface area contributed by atoms with Gasteiger partial charge in [-0.25, -0.2) is 13.1 Å². The zero-order valence-corrected chi connectivity index (χ0v) is 17.3. The Kier molecular flexibility index (Phi) is 6.68. The number of hydrogen-bond acceptors (Lipinski definition) is 7. The molecule has 2 N–H and O–H groups in total. The van der Waals surface area contributed by atoms with Crippen LogP contribution in [0.25, 0.3) is 0 Å². The number of furan rings is 1. The van der Waals surface area contributed by atoms with Gasteiger partial charge in [-0.2, -0.15) is 0 Å². The maximum atomic E-state index is 12.3. The van der Waals surface area contributed by atoms with Gasteiger partial charge in [0, 0.05) is 18.0 Å². The Morgan fingerprint density at radius 2 is 2.04 bits per heavy atom. The van der Waals surface area contributed by atoms with Gasteiger partial charge in [0.15, 0.2) is 0 Å². The average Bonchev–Trinajstić information content (AvgIpc) is 3.30. The molecule has 3 aromatic rings. The lowest BCUT2D eigenvalue weighted by Crippen LogP contribution is -2.25. The van der Waals surface area contributed by atoms with Crippen molar-refractivity contribution in [3.63, 3.8) is 0 Å². The zero-order chi connectivity index (χ0) is 20.1. The van der Waals surface area contributed by atoms with Gasteiger partial charge in [0.25, 0.3) is 15.9 Å². The number of benzene rings is 1. The van der Waals surface area contributed by atoms with Crippen LogP contribution in [-0.2, 0) is 16.4 Å². The molecular weight excluding hydrogens is 447 g/mol. The summed E-state index contributed by atoms with van der Waals surface area (Å²) in [4.78, 5) is 12.3. The van der Waals surface area contributed by atoms with Crippen LogP contribution in [0.4, 0.5) is 5.13 Å². The summed E-state index contributed by atoms with van der Waals surface area (Å²) in [5.41, 5.74) is 0.182. The van der Waals surface area contributed by atoms with Crippen LogP contribution in [0, 0.1) is 0 Å². The van der Waals surface area contributed by atoms with E-state index in [4.69, 9.17) is 27.6 Å². The number of hydrogen-bond donors (Lipinski definition) is 2. The molecule has 0 aliphatic heterocycles. The Bertz CT molecular complexity index is 1070. The number of nitrogens with zero attached hydrogens (tertiary/aromatic N) is 2. The average molecular weight is 461 g/mol. The summed E-state index contributed by atoms with van der Waals surface area (Å²) in [7, 11) is -3.83. The number of rotatable bonds is 8. The molecule has 0 bridgehead atoms. The first kappa shape index (κ1) is 20.7. The SMILES string of the molecule is O=C(Nc1nnc(S(=O)(=O)NCCCc2ccco2)s1)c1ccc(Cl)cc1Cl. The molecule has 1 amide bonds. The third kappa shape index (κ3) is 5.30. The van der Waals surface area contributed by atoms with Gasteiger partial charge in [0.05, 0.1) is 16.8 Å². The van der Waals surface area contributed by atoms with E-state index in [0.717, 1.165) is 17.1 Å². The van der Waals surface area contributed by atoms with E-state index in [1.54, 1.807) is 12.3 Å². The molecule has 0 spiro atoms. The first-order chi connectivity index (χ1) is 13.3. The largest absolute Gasteiger partial charge is 0.469 e. The molecule has 0 aliphatic rings. The quantitative estimate of drug-likeness (QED) is 0.391. The third-order valence-electron chi connectivity index (χ3n) is 3.50. The predicted molar refractivity (Wildman–Crippen MR) is 107 cm³/mol. The number of amides is 1. The molecule has 3 rings (SSSR count). The Balaban J connectivity index is 1.58. The molecule has 148 valence electrons. The van der Waals surface area contributed by atoms with Crippen LogP contribution in [0.3, 0.4) is 0 Å². The lowest BCUT2D eigenvalue weighted by Gasteiger charge is -2.04. The molecule has 2 aromatic heterocycles. The monoisotopic (exact) mass is 460 g/mol. The van der Waals surface area contributed by atoms with Gasteiger partial charge < -0.3 is 4.42 Å². The second-order valence-corrected chi connectivity index (χ2v) is 9.29. The van der Waals surface area contributed by atoms with Crippen LogP contribution in [0.1, 0.15) is 22.5 Å². The van der Waals surface area contributed by atoms with Crippen LogP contribution in [0.15, 0.2) is 45.4 Å². The first-order valence-electron chi connectivity index (χ1n) is 7.97. The van der Waals surface area contributed by atoms with E-state index >= 15 is 0 Å². The van der Waals surface area contributed by atoms with E-state index in [2.05, 4.69) is 20.2 Å². The summed E-state index contributed by atoms with van der Waals surface area (Å²) in [5, 5.41) is 10.4. The van der Waals surface area contributed by atoms with Crippen molar-refractivity contribution < 1.29 is 17.6 Å². The standard InChI is InChI=1S/C16H14Cl2N4O4S2/c17-10-5-6-12(13(18)9-10)14(23)20-15-21-22-16(27-15)28(24,25)19-7-1-3-11-4-2-8-26-11/h2,4-6,8-9,19H,1,3,7H2,(H,20,21,23). The lowest BCUT2D eigenvalue weighted by atomic mass is 10.2. The highest BCUT2D eigenvalue weighted by molar-refractivity contribution is 7.91. The molecule has 0 fully saturated rings. The summed E-state index contributed by atoms with van der Waals surface area (Å²) in [5.74, 6) is 0.231. The summed E-state index contributed by atoms with van der Waals surface area (Å²) in [6.45, 7) is 0.213. The topological polar surface area (TPSA) is 114 Å². The Morgan fingerprint density at radius 3 is 2.75 bits per heavy atom. The van der Waals surface area contributed by atoms with E-state index in [-0.39, 0.29) is 26.6 Å². The van der Waals surface area contributed by atoms with Crippen molar-refractivity contribution in [1.82, 2.24) is 14.9 Å². The number of aryl methyl sites for hydroxylation is 1. The second kappa shape index (κ2) is 9.01. The van der Waals surface area contributed by atoms with Crippen LogP contribution in [0.2, 0.25) is 10.0 Å². The van der Waals surface area contributed by atoms with Crippen molar-refractivity contribution in [3.05, 3.63) is 58.0 Å². The molecule has 0 radical (unpaired) electrons. The minimum Gasteiger partial charge on any atom is -0.469 e. The molecule has 0 saturated heterocycles. The van der Waals surface area contributed by atoms with Crippen molar-refractivity contribution in [2.24, 2.45) is 0 Å². The van der Waals surface area contributed by atoms with E-state index in [0.29, 0.717) is 17.9 Å². The predicted octanol–water partition coefficient (Wildman–Crippen LogP) is 3.60. The fourth-order valence-corrected chi connectivity index (χ4v) is 4.70. The van der Waals surface area contributed by atoms with E-state index in [1.165, 1.54) is 18.2 Å². The summed E-state index contributed by atoms with van der Waals surface area (Å²) >= 11 is 12.5. The van der Waals surface area contributed by atoms with Gasteiger partial charge in [-0.15, -0.1) is 10.2 Å². The van der Waals surface area contributed by atoms with Crippen LogP contribution in [0.5, 0.6) is 0 Å². The van der Waals surface area contributed by atoms with Crippen molar-refractivity contribution in [2.75, 3.05) is 11.9 Å². The van der Waals surface area contributed by atoms with Gasteiger partial charge >= 0.3 is 0 Å². The van der Waals surface area contributed by atoms with Crippen molar-refractivity contribution in [3.8, 4) is 0 Å². The van der Waals surface area contributed by atoms with Crippen LogP contribution in [-0.4, -0.2) is 31.1 Å². The fourth-order valence-electron chi connectivity index (χ4n) is 2.19. The Hall–Kier alpha value is -1.98. The Morgan fingerprint density at radius 1 is 1.21 bits per heavy atom. The number of halogens is 2.